The van der Waals surface area contributed by atoms with Gasteiger partial charge >= 0.3 is 0 Å². The first kappa shape index (κ1) is 18.2. The van der Waals surface area contributed by atoms with Gasteiger partial charge in [-0.1, -0.05) is 54.6 Å². The van der Waals surface area contributed by atoms with Crippen LogP contribution in [0, 0.1) is 5.92 Å². The number of hydrogen-bond acceptors (Lipinski definition) is 2. The number of hydrogen-bond donors (Lipinski definition) is 1. The van der Waals surface area contributed by atoms with Gasteiger partial charge in [0.15, 0.2) is 0 Å². The number of rotatable bonds is 4. The van der Waals surface area contributed by atoms with Gasteiger partial charge in [-0.25, -0.2) is 0 Å². The molecule has 0 spiro atoms. The van der Waals surface area contributed by atoms with E-state index in [1.807, 2.05) is 24.3 Å². The minimum absolute atomic E-state index is 0.0841. The van der Waals surface area contributed by atoms with Crippen molar-refractivity contribution in [1.82, 2.24) is 4.90 Å². The van der Waals surface area contributed by atoms with Crippen molar-refractivity contribution in [3.05, 3.63) is 76.8 Å². The number of anilines is 1. The van der Waals surface area contributed by atoms with Crippen LogP contribution in [-0.4, -0.2) is 23.9 Å². The quantitative estimate of drug-likeness (QED) is 0.605. The molecule has 138 valence electrons. The number of fused-ring (bicyclic) bond motifs is 1. The maximum Gasteiger partial charge on any atom is 0.227 e. The second-order valence-corrected chi connectivity index (χ2v) is 8.01. The van der Waals surface area contributed by atoms with Crippen LogP contribution in [-0.2, 0) is 11.3 Å². The number of benzene rings is 3. The van der Waals surface area contributed by atoms with Gasteiger partial charge in [0.1, 0.15) is 0 Å². The van der Waals surface area contributed by atoms with Gasteiger partial charge in [0.25, 0.3) is 0 Å². The minimum Gasteiger partial charge on any atom is -0.325 e. The van der Waals surface area contributed by atoms with Crippen LogP contribution in [0.25, 0.3) is 10.8 Å². The summed E-state index contributed by atoms with van der Waals surface area (Å²) in [5.74, 6) is 0.215. The third-order valence-electron chi connectivity index (χ3n) is 5.36. The summed E-state index contributed by atoms with van der Waals surface area (Å²) in [7, 11) is 0. The second kappa shape index (κ2) is 8.24. The number of para-hydroxylation sites is 1. The Balaban J connectivity index is 1.36. The summed E-state index contributed by atoms with van der Waals surface area (Å²) in [6.45, 7) is 2.86. The molecule has 3 aromatic rings. The molecular formula is C23H23BrN2O. The second-order valence-electron chi connectivity index (χ2n) is 7.16. The third-order valence-corrected chi connectivity index (χ3v) is 6.06. The first-order valence-electron chi connectivity index (χ1n) is 9.45. The van der Waals surface area contributed by atoms with Crippen molar-refractivity contribution in [3.63, 3.8) is 0 Å². The molecule has 1 amide bonds. The SMILES string of the molecule is O=C(Nc1ccccc1Br)C1CCN(Cc2cccc3ccccc23)CC1. The van der Waals surface area contributed by atoms with Crippen LogP contribution in [0.2, 0.25) is 0 Å². The van der Waals surface area contributed by atoms with Gasteiger partial charge in [-0.2, -0.15) is 0 Å². The predicted octanol–water partition coefficient (Wildman–Crippen LogP) is 5.45. The smallest absolute Gasteiger partial charge is 0.227 e. The maximum absolute atomic E-state index is 12.6. The van der Waals surface area contributed by atoms with Gasteiger partial charge in [0, 0.05) is 16.9 Å². The molecule has 1 fully saturated rings. The lowest BCUT2D eigenvalue weighted by Gasteiger charge is -2.31. The zero-order chi connectivity index (χ0) is 18.6. The van der Waals surface area contributed by atoms with Crippen molar-refractivity contribution in [2.24, 2.45) is 5.92 Å². The number of piperidine rings is 1. The van der Waals surface area contributed by atoms with E-state index in [-0.39, 0.29) is 11.8 Å². The fourth-order valence-electron chi connectivity index (χ4n) is 3.82. The van der Waals surface area contributed by atoms with Crippen LogP contribution in [0.15, 0.2) is 71.2 Å². The Morgan fingerprint density at radius 1 is 0.963 bits per heavy atom. The number of likely N-dealkylation sites (tertiary alicyclic amines) is 1. The molecule has 1 heterocycles. The van der Waals surface area contributed by atoms with Crippen molar-refractivity contribution in [1.29, 1.82) is 0 Å². The lowest BCUT2D eigenvalue weighted by Crippen LogP contribution is -2.37. The summed E-state index contributed by atoms with van der Waals surface area (Å²) < 4.78 is 0.923. The molecule has 0 bridgehead atoms. The van der Waals surface area contributed by atoms with E-state index in [1.54, 1.807) is 0 Å². The van der Waals surface area contributed by atoms with E-state index in [0.717, 1.165) is 42.6 Å². The summed E-state index contributed by atoms with van der Waals surface area (Å²) in [5.41, 5.74) is 2.21. The van der Waals surface area contributed by atoms with Crippen LogP contribution in [0.4, 0.5) is 5.69 Å². The van der Waals surface area contributed by atoms with Crippen LogP contribution in [0.5, 0.6) is 0 Å². The van der Waals surface area contributed by atoms with Gasteiger partial charge in [-0.05, 0) is 70.3 Å². The molecule has 1 aliphatic rings. The highest BCUT2D eigenvalue weighted by Gasteiger charge is 2.25. The van der Waals surface area contributed by atoms with Crippen LogP contribution >= 0.6 is 15.9 Å². The fourth-order valence-corrected chi connectivity index (χ4v) is 4.21. The average Bonchev–Trinajstić information content (AvgIpc) is 2.70. The topological polar surface area (TPSA) is 32.3 Å². The molecule has 0 unspecified atom stereocenters. The van der Waals surface area contributed by atoms with E-state index < -0.39 is 0 Å². The minimum atomic E-state index is 0.0841. The molecule has 0 saturated carbocycles. The van der Waals surface area contributed by atoms with E-state index in [1.165, 1.54) is 16.3 Å². The van der Waals surface area contributed by atoms with Gasteiger partial charge in [-0.15, -0.1) is 0 Å². The van der Waals surface area contributed by atoms with E-state index in [0.29, 0.717) is 0 Å². The van der Waals surface area contributed by atoms with E-state index >= 15 is 0 Å². The number of carbonyl (C=O) groups is 1. The average molecular weight is 423 g/mol. The fraction of sp³-hybridized carbons (Fsp3) is 0.261. The van der Waals surface area contributed by atoms with Crippen LogP contribution in [0.1, 0.15) is 18.4 Å². The summed E-state index contributed by atoms with van der Waals surface area (Å²) in [5, 5.41) is 5.68. The Morgan fingerprint density at radius 3 is 2.48 bits per heavy atom. The standard InChI is InChI=1S/C23H23BrN2O/c24-21-10-3-4-11-22(21)25-23(27)18-12-14-26(15-13-18)16-19-8-5-7-17-6-1-2-9-20(17)19/h1-11,18H,12-16H2,(H,25,27). The summed E-state index contributed by atoms with van der Waals surface area (Å²) >= 11 is 3.49. The van der Waals surface area contributed by atoms with Crippen molar-refractivity contribution in [3.8, 4) is 0 Å². The molecule has 0 atom stereocenters. The molecule has 1 saturated heterocycles. The zero-order valence-electron chi connectivity index (χ0n) is 15.2. The van der Waals surface area contributed by atoms with E-state index in [9.17, 15) is 4.79 Å². The Hall–Kier alpha value is -2.17. The van der Waals surface area contributed by atoms with Crippen molar-refractivity contribution in [2.75, 3.05) is 18.4 Å². The Morgan fingerprint density at radius 2 is 1.67 bits per heavy atom. The zero-order valence-corrected chi connectivity index (χ0v) is 16.8. The summed E-state index contributed by atoms with van der Waals surface area (Å²) in [4.78, 5) is 15.1. The molecule has 1 N–H and O–H groups in total. The number of amides is 1. The molecule has 4 rings (SSSR count). The molecule has 0 aromatic heterocycles. The monoisotopic (exact) mass is 422 g/mol. The molecule has 3 nitrogen and oxygen atoms in total. The highest BCUT2D eigenvalue weighted by molar-refractivity contribution is 9.10. The number of halogens is 1. The lowest BCUT2D eigenvalue weighted by atomic mass is 9.95. The van der Waals surface area contributed by atoms with Crippen molar-refractivity contribution < 1.29 is 4.79 Å². The molecule has 3 aromatic carbocycles. The highest BCUT2D eigenvalue weighted by atomic mass is 79.9. The van der Waals surface area contributed by atoms with Gasteiger partial charge in [0.2, 0.25) is 5.91 Å². The highest BCUT2D eigenvalue weighted by Crippen LogP contribution is 2.26. The first-order chi connectivity index (χ1) is 13.2. The van der Waals surface area contributed by atoms with E-state index in [4.69, 9.17) is 0 Å². The molecular weight excluding hydrogens is 400 g/mol. The predicted molar refractivity (Wildman–Crippen MR) is 115 cm³/mol. The molecule has 1 aliphatic heterocycles. The van der Waals surface area contributed by atoms with Gasteiger partial charge in [-0.3, -0.25) is 9.69 Å². The van der Waals surface area contributed by atoms with Crippen molar-refractivity contribution >= 4 is 38.3 Å². The Kier molecular flexibility index (Phi) is 5.55. The lowest BCUT2D eigenvalue weighted by molar-refractivity contribution is -0.121. The first-order valence-corrected chi connectivity index (χ1v) is 10.2. The molecule has 27 heavy (non-hydrogen) atoms. The van der Waals surface area contributed by atoms with Crippen LogP contribution < -0.4 is 5.32 Å². The van der Waals surface area contributed by atoms with Crippen LogP contribution in [0.3, 0.4) is 0 Å². The normalized spacial score (nSPS) is 15.7. The van der Waals surface area contributed by atoms with Gasteiger partial charge < -0.3 is 5.32 Å². The Labute approximate surface area is 168 Å². The number of nitrogens with zero attached hydrogens (tertiary/aromatic N) is 1. The van der Waals surface area contributed by atoms with Gasteiger partial charge in [0.05, 0.1) is 5.69 Å². The molecule has 0 aliphatic carbocycles. The maximum atomic E-state index is 12.6. The Bertz CT molecular complexity index is 943. The summed E-state index contributed by atoms with van der Waals surface area (Å²) in [6.07, 6.45) is 1.81. The summed E-state index contributed by atoms with van der Waals surface area (Å²) in [6, 6.07) is 22.8. The molecule has 4 heteroatoms. The number of carbonyl (C=O) groups excluding carboxylic acids is 1. The van der Waals surface area contributed by atoms with E-state index in [2.05, 4.69) is 68.6 Å². The van der Waals surface area contributed by atoms with Crippen molar-refractivity contribution in [2.45, 2.75) is 19.4 Å². The third kappa shape index (κ3) is 4.23. The largest absolute Gasteiger partial charge is 0.325 e. The molecule has 0 radical (unpaired) electrons. The number of nitrogens with one attached hydrogen (secondary N) is 1.